The van der Waals surface area contributed by atoms with E-state index in [1.807, 2.05) is 6.92 Å². The first kappa shape index (κ1) is 17.8. The average Bonchev–Trinajstić information content (AvgIpc) is 2.48. The molecule has 0 aromatic heterocycles. The summed E-state index contributed by atoms with van der Waals surface area (Å²) in [6, 6.07) is 4.68. The molecule has 0 heterocycles. The Hall–Kier alpha value is -1.22. The summed E-state index contributed by atoms with van der Waals surface area (Å²) < 4.78 is 13.4. The summed E-state index contributed by atoms with van der Waals surface area (Å²) in [6.07, 6.45) is 1.89. The number of aryl methyl sites for hydroxylation is 1. The van der Waals surface area contributed by atoms with Gasteiger partial charge in [-0.25, -0.2) is 4.39 Å². The highest BCUT2D eigenvalue weighted by atomic mass is 19.1. The quantitative estimate of drug-likeness (QED) is 0.718. The molecule has 1 rings (SSSR count). The van der Waals surface area contributed by atoms with Crippen molar-refractivity contribution < 1.29 is 9.18 Å². The fourth-order valence-corrected chi connectivity index (χ4v) is 3.26. The van der Waals surface area contributed by atoms with E-state index in [4.69, 9.17) is 0 Å². The van der Waals surface area contributed by atoms with Crippen LogP contribution in [-0.4, -0.2) is 29.3 Å². The maximum atomic E-state index is 13.4. The largest absolute Gasteiger partial charge is 0.297 e. The number of benzene rings is 1. The molecule has 0 fully saturated rings. The molecular formula is C18H28FNO. The molecule has 0 atom stereocenters. The minimum atomic E-state index is -0.428. The predicted molar refractivity (Wildman–Crippen MR) is 86.1 cm³/mol. The number of nitrogens with zero attached hydrogens (tertiary/aromatic N) is 1. The van der Waals surface area contributed by atoms with Crippen molar-refractivity contribution >= 4 is 5.78 Å². The zero-order chi connectivity index (χ0) is 16.0. The predicted octanol–water partition coefficient (Wildman–Crippen LogP) is 4.15. The van der Waals surface area contributed by atoms with Crippen LogP contribution in [0.2, 0.25) is 0 Å². The number of Topliss-reactive ketones (excluding diaryl/α,β-unsaturated/α-hetero) is 1. The summed E-state index contributed by atoms with van der Waals surface area (Å²) in [7, 11) is 0. The number of carbonyl (C=O) groups excluding carboxylic acids is 1. The van der Waals surface area contributed by atoms with Gasteiger partial charge in [0.1, 0.15) is 5.82 Å². The van der Waals surface area contributed by atoms with Gasteiger partial charge in [0, 0.05) is 6.42 Å². The number of rotatable bonds is 8. The van der Waals surface area contributed by atoms with Gasteiger partial charge >= 0.3 is 0 Å². The molecule has 0 aliphatic heterocycles. The summed E-state index contributed by atoms with van der Waals surface area (Å²) in [6.45, 7) is 11.9. The lowest BCUT2D eigenvalue weighted by atomic mass is 9.82. The molecular weight excluding hydrogens is 265 g/mol. The van der Waals surface area contributed by atoms with Gasteiger partial charge in [-0.3, -0.25) is 9.69 Å². The number of carbonyl (C=O) groups is 1. The minimum Gasteiger partial charge on any atom is -0.297 e. The number of hydrogen-bond acceptors (Lipinski definition) is 2. The van der Waals surface area contributed by atoms with E-state index in [1.54, 1.807) is 6.07 Å². The van der Waals surface area contributed by atoms with E-state index in [1.165, 1.54) is 12.1 Å². The Bertz CT molecular complexity index is 476. The van der Waals surface area contributed by atoms with E-state index in [-0.39, 0.29) is 11.6 Å². The molecule has 0 bridgehead atoms. The standard InChI is InChI=1S/C18H28FNO/c1-6-18(7-2,20(8-3)9-4)17(21)13-15-12-16(19)11-10-14(15)5/h10-12H,6-9,13H2,1-5H3. The van der Waals surface area contributed by atoms with Gasteiger partial charge in [0.2, 0.25) is 0 Å². The van der Waals surface area contributed by atoms with Crippen molar-refractivity contribution in [3.8, 4) is 0 Å². The van der Waals surface area contributed by atoms with E-state index >= 15 is 0 Å². The maximum Gasteiger partial charge on any atom is 0.157 e. The van der Waals surface area contributed by atoms with Crippen LogP contribution < -0.4 is 0 Å². The van der Waals surface area contributed by atoms with Gasteiger partial charge in [-0.05, 0) is 56.1 Å². The molecule has 0 radical (unpaired) electrons. The van der Waals surface area contributed by atoms with Crippen LogP contribution in [0, 0.1) is 12.7 Å². The first-order chi connectivity index (χ1) is 9.94. The fraction of sp³-hybridized carbons (Fsp3) is 0.611. The van der Waals surface area contributed by atoms with Crippen molar-refractivity contribution in [2.24, 2.45) is 0 Å². The van der Waals surface area contributed by atoms with Crippen LogP contribution in [0.4, 0.5) is 4.39 Å². The molecule has 1 aromatic carbocycles. The van der Waals surface area contributed by atoms with E-state index in [0.29, 0.717) is 6.42 Å². The Kier molecular flexibility index (Phi) is 6.53. The van der Waals surface area contributed by atoms with Gasteiger partial charge in [-0.2, -0.15) is 0 Å². The normalized spacial score (nSPS) is 12.0. The molecule has 0 N–H and O–H groups in total. The summed E-state index contributed by atoms with van der Waals surface area (Å²) in [5, 5.41) is 0. The van der Waals surface area contributed by atoms with Crippen LogP contribution in [0.5, 0.6) is 0 Å². The Balaban J connectivity index is 3.09. The monoisotopic (exact) mass is 293 g/mol. The van der Waals surface area contributed by atoms with Crippen molar-refractivity contribution in [2.75, 3.05) is 13.1 Å². The van der Waals surface area contributed by atoms with Crippen molar-refractivity contribution in [1.82, 2.24) is 4.90 Å². The topological polar surface area (TPSA) is 20.3 Å². The third kappa shape index (κ3) is 3.70. The second-order valence-corrected chi connectivity index (χ2v) is 5.58. The molecule has 0 aliphatic rings. The molecule has 3 heteroatoms. The molecule has 0 amide bonds. The SMILES string of the molecule is CCN(CC)C(CC)(CC)C(=O)Cc1cc(F)ccc1C. The highest BCUT2D eigenvalue weighted by Gasteiger charge is 2.38. The lowest BCUT2D eigenvalue weighted by Gasteiger charge is -2.41. The van der Waals surface area contributed by atoms with Crippen LogP contribution in [0.1, 0.15) is 51.7 Å². The maximum absolute atomic E-state index is 13.4. The highest BCUT2D eigenvalue weighted by Crippen LogP contribution is 2.27. The molecule has 2 nitrogen and oxygen atoms in total. The lowest BCUT2D eigenvalue weighted by Crippen LogP contribution is -2.54. The third-order valence-electron chi connectivity index (χ3n) is 4.72. The summed E-state index contributed by atoms with van der Waals surface area (Å²) in [5.74, 6) is -0.0743. The van der Waals surface area contributed by atoms with E-state index in [9.17, 15) is 9.18 Å². The van der Waals surface area contributed by atoms with Gasteiger partial charge < -0.3 is 0 Å². The van der Waals surface area contributed by atoms with Crippen molar-refractivity contribution in [3.05, 3.63) is 35.1 Å². The molecule has 0 saturated heterocycles. The number of likely N-dealkylation sites (N-methyl/N-ethyl adjacent to an activating group) is 1. The second-order valence-electron chi connectivity index (χ2n) is 5.58. The number of ketones is 1. The molecule has 118 valence electrons. The Morgan fingerprint density at radius 3 is 2.19 bits per heavy atom. The first-order valence-corrected chi connectivity index (χ1v) is 7.98. The Labute approximate surface area is 128 Å². The van der Waals surface area contributed by atoms with Gasteiger partial charge in [-0.1, -0.05) is 33.8 Å². The lowest BCUT2D eigenvalue weighted by molar-refractivity contribution is -0.131. The summed E-state index contributed by atoms with van der Waals surface area (Å²) in [4.78, 5) is 15.2. The van der Waals surface area contributed by atoms with E-state index < -0.39 is 5.54 Å². The van der Waals surface area contributed by atoms with Crippen molar-refractivity contribution in [3.63, 3.8) is 0 Å². The van der Waals surface area contributed by atoms with Crippen LogP contribution >= 0.6 is 0 Å². The Morgan fingerprint density at radius 2 is 1.71 bits per heavy atom. The zero-order valence-electron chi connectivity index (χ0n) is 14.0. The number of hydrogen-bond donors (Lipinski definition) is 0. The molecule has 0 aliphatic carbocycles. The zero-order valence-corrected chi connectivity index (χ0v) is 14.0. The van der Waals surface area contributed by atoms with Crippen LogP contribution in [-0.2, 0) is 11.2 Å². The first-order valence-electron chi connectivity index (χ1n) is 7.98. The highest BCUT2D eigenvalue weighted by molar-refractivity contribution is 5.90. The van der Waals surface area contributed by atoms with Gasteiger partial charge in [0.05, 0.1) is 5.54 Å². The fourth-order valence-electron chi connectivity index (χ4n) is 3.26. The second kappa shape index (κ2) is 7.69. The van der Waals surface area contributed by atoms with E-state index in [0.717, 1.165) is 37.1 Å². The van der Waals surface area contributed by atoms with Crippen molar-refractivity contribution in [2.45, 2.75) is 59.4 Å². The van der Waals surface area contributed by atoms with Crippen LogP contribution in [0.3, 0.4) is 0 Å². The molecule has 1 aromatic rings. The average molecular weight is 293 g/mol. The van der Waals surface area contributed by atoms with Crippen molar-refractivity contribution in [1.29, 1.82) is 0 Å². The summed E-state index contributed by atoms with van der Waals surface area (Å²) in [5.41, 5.74) is 1.35. The molecule has 21 heavy (non-hydrogen) atoms. The van der Waals surface area contributed by atoms with Crippen LogP contribution in [0.25, 0.3) is 0 Å². The molecule has 0 spiro atoms. The van der Waals surface area contributed by atoms with Gasteiger partial charge in [0.15, 0.2) is 5.78 Å². The molecule has 0 saturated carbocycles. The van der Waals surface area contributed by atoms with Crippen LogP contribution in [0.15, 0.2) is 18.2 Å². The third-order valence-corrected chi connectivity index (χ3v) is 4.72. The Morgan fingerprint density at radius 1 is 1.14 bits per heavy atom. The summed E-state index contributed by atoms with van der Waals surface area (Å²) >= 11 is 0. The van der Waals surface area contributed by atoms with Gasteiger partial charge in [-0.15, -0.1) is 0 Å². The van der Waals surface area contributed by atoms with E-state index in [2.05, 4.69) is 32.6 Å². The smallest absolute Gasteiger partial charge is 0.157 e. The molecule has 0 unspecified atom stereocenters. The van der Waals surface area contributed by atoms with Gasteiger partial charge in [0.25, 0.3) is 0 Å². The minimum absolute atomic E-state index is 0.199. The number of halogens is 1.